The number of nitrogens with two attached hydrogens (primary N) is 1. The molecule has 0 fully saturated rings. The number of rotatable bonds is 10. The van der Waals surface area contributed by atoms with Crippen molar-refractivity contribution in [1.82, 2.24) is 20.3 Å². The Balaban J connectivity index is 1.57. The van der Waals surface area contributed by atoms with Gasteiger partial charge in [-0.3, -0.25) is 4.79 Å². The minimum atomic E-state index is -0.495. The first-order chi connectivity index (χ1) is 18.8. The lowest BCUT2D eigenvalue weighted by Crippen LogP contribution is -2.27. The SMILES string of the molecule is C=C/C(=C\c1ncc(-c2cccc(NC(=C)NC)c2)n1N)c1cccc(C(=O)NC(C)c2ccccc2F)c1. The van der Waals surface area contributed by atoms with Crippen LogP contribution in [0.15, 0.2) is 104 Å². The standard InChI is InChI=1S/C31H31FN6O/c1-5-22(18-30-35-19-29(38(30)33)24-11-9-13-26(17-24)37-21(3)34-4)23-10-8-12-25(16-23)31(39)36-20(2)27-14-6-7-15-28(27)32/h5-20,34,37H,1,3,33H2,2,4H3,(H,36,39)/b22-18+. The third kappa shape index (κ3) is 6.24. The highest BCUT2D eigenvalue weighted by molar-refractivity contribution is 5.96. The Morgan fingerprint density at radius 3 is 2.56 bits per heavy atom. The fourth-order valence-corrected chi connectivity index (χ4v) is 4.11. The van der Waals surface area contributed by atoms with Gasteiger partial charge in [0, 0.05) is 29.4 Å². The highest BCUT2D eigenvalue weighted by atomic mass is 19.1. The van der Waals surface area contributed by atoms with Crippen molar-refractivity contribution in [2.75, 3.05) is 18.2 Å². The second-order valence-electron chi connectivity index (χ2n) is 8.91. The van der Waals surface area contributed by atoms with Crippen LogP contribution >= 0.6 is 0 Å². The van der Waals surface area contributed by atoms with Gasteiger partial charge in [-0.1, -0.05) is 61.7 Å². The molecule has 0 radical (unpaired) electrons. The summed E-state index contributed by atoms with van der Waals surface area (Å²) in [4.78, 5) is 17.5. The molecular weight excluding hydrogens is 491 g/mol. The summed E-state index contributed by atoms with van der Waals surface area (Å²) in [5, 5.41) is 9.00. The highest BCUT2D eigenvalue weighted by Gasteiger charge is 2.16. The first-order valence-electron chi connectivity index (χ1n) is 12.4. The molecule has 198 valence electrons. The molecule has 1 atom stereocenters. The molecule has 0 aliphatic carbocycles. The predicted molar refractivity (Wildman–Crippen MR) is 156 cm³/mol. The van der Waals surface area contributed by atoms with E-state index in [1.54, 1.807) is 68.7 Å². The molecule has 3 aromatic carbocycles. The largest absolute Gasteiger partial charge is 0.375 e. The maximum Gasteiger partial charge on any atom is 0.251 e. The molecule has 4 rings (SSSR count). The monoisotopic (exact) mass is 522 g/mol. The number of benzene rings is 3. The van der Waals surface area contributed by atoms with Crippen LogP contribution in [0.25, 0.3) is 22.9 Å². The van der Waals surface area contributed by atoms with E-state index in [0.29, 0.717) is 22.8 Å². The third-order valence-electron chi connectivity index (χ3n) is 6.26. The summed E-state index contributed by atoms with van der Waals surface area (Å²) in [5.41, 5.74) is 4.81. The van der Waals surface area contributed by atoms with Crippen molar-refractivity contribution < 1.29 is 9.18 Å². The smallest absolute Gasteiger partial charge is 0.251 e. The molecule has 0 spiro atoms. The van der Waals surface area contributed by atoms with Gasteiger partial charge in [0.05, 0.1) is 23.8 Å². The van der Waals surface area contributed by atoms with Gasteiger partial charge in [0.1, 0.15) is 5.82 Å². The number of hydrogen-bond acceptors (Lipinski definition) is 5. The number of carbonyl (C=O) groups excluding carboxylic acids is 1. The molecular formula is C31H31FN6O. The molecule has 1 unspecified atom stereocenters. The zero-order valence-corrected chi connectivity index (χ0v) is 21.9. The fraction of sp³-hybridized carbons (Fsp3) is 0.0968. The van der Waals surface area contributed by atoms with Gasteiger partial charge in [-0.15, -0.1) is 0 Å². The molecule has 0 aliphatic rings. The number of halogens is 1. The van der Waals surface area contributed by atoms with Crippen molar-refractivity contribution in [2.45, 2.75) is 13.0 Å². The Labute approximate surface area is 227 Å². The summed E-state index contributed by atoms with van der Waals surface area (Å²) in [7, 11) is 1.79. The summed E-state index contributed by atoms with van der Waals surface area (Å²) >= 11 is 0. The van der Waals surface area contributed by atoms with Crippen molar-refractivity contribution >= 4 is 23.2 Å². The topological polar surface area (TPSA) is 97.0 Å². The first kappa shape index (κ1) is 26.9. The molecule has 0 aliphatic heterocycles. The van der Waals surface area contributed by atoms with E-state index in [0.717, 1.165) is 28.1 Å². The quantitative estimate of drug-likeness (QED) is 0.158. The second-order valence-corrected chi connectivity index (χ2v) is 8.91. The first-order valence-corrected chi connectivity index (χ1v) is 12.4. The number of nitrogens with zero attached hydrogens (tertiary/aromatic N) is 2. The molecule has 4 aromatic rings. The average molecular weight is 523 g/mol. The van der Waals surface area contributed by atoms with Gasteiger partial charge >= 0.3 is 0 Å². The summed E-state index contributed by atoms with van der Waals surface area (Å²) in [6.45, 7) is 9.57. The van der Waals surface area contributed by atoms with E-state index in [2.05, 4.69) is 34.1 Å². The summed E-state index contributed by atoms with van der Waals surface area (Å²) in [6, 6.07) is 20.8. The lowest BCUT2D eigenvalue weighted by atomic mass is 10.0. The van der Waals surface area contributed by atoms with Crippen LogP contribution in [0.3, 0.4) is 0 Å². The fourth-order valence-electron chi connectivity index (χ4n) is 4.11. The maximum atomic E-state index is 14.1. The van der Waals surface area contributed by atoms with E-state index < -0.39 is 6.04 Å². The van der Waals surface area contributed by atoms with Gasteiger partial charge in [0.25, 0.3) is 5.91 Å². The lowest BCUT2D eigenvalue weighted by molar-refractivity contribution is 0.0939. The zero-order valence-electron chi connectivity index (χ0n) is 21.9. The van der Waals surface area contributed by atoms with E-state index >= 15 is 0 Å². The Kier molecular flexibility index (Phi) is 8.26. The summed E-state index contributed by atoms with van der Waals surface area (Å²) < 4.78 is 15.6. The van der Waals surface area contributed by atoms with E-state index in [1.165, 1.54) is 10.7 Å². The molecule has 0 bridgehead atoms. The third-order valence-corrected chi connectivity index (χ3v) is 6.26. The number of aromatic nitrogens is 2. The van der Waals surface area contributed by atoms with E-state index in [1.807, 2.05) is 30.3 Å². The Morgan fingerprint density at radius 1 is 1.08 bits per heavy atom. The summed E-state index contributed by atoms with van der Waals surface area (Å²) in [5.74, 6) is 6.94. The number of amides is 1. The number of carbonyl (C=O) groups is 1. The predicted octanol–water partition coefficient (Wildman–Crippen LogP) is 5.72. The van der Waals surface area contributed by atoms with Gasteiger partial charge in [-0.2, -0.15) is 0 Å². The van der Waals surface area contributed by atoms with Gasteiger partial charge in [0.2, 0.25) is 0 Å². The minimum Gasteiger partial charge on any atom is -0.375 e. The van der Waals surface area contributed by atoms with Crippen LogP contribution in [0.2, 0.25) is 0 Å². The molecule has 1 amide bonds. The van der Waals surface area contributed by atoms with Crippen molar-refractivity contribution in [3.8, 4) is 11.3 Å². The molecule has 8 heteroatoms. The molecule has 39 heavy (non-hydrogen) atoms. The van der Waals surface area contributed by atoms with Crippen LogP contribution in [-0.4, -0.2) is 22.6 Å². The van der Waals surface area contributed by atoms with Crippen LogP contribution in [-0.2, 0) is 0 Å². The average Bonchev–Trinajstić information content (AvgIpc) is 3.31. The maximum absolute atomic E-state index is 14.1. The number of hydrogen-bond donors (Lipinski definition) is 4. The van der Waals surface area contributed by atoms with Crippen molar-refractivity contribution in [3.63, 3.8) is 0 Å². The lowest BCUT2D eigenvalue weighted by Gasteiger charge is -2.15. The van der Waals surface area contributed by atoms with Crippen LogP contribution in [0.5, 0.6) is 0 Å². The van der Waals surface area contributed by atoms with E-state index in [9.17, 15) is 9.18 Å². The number of imidazole rings is 1. The molecule has 0 saturated carbocycles. The van der Waals surface area contributed by atoms with E-state index in [4.69, 9.17) is 5.84 Å². The van der Waals surface area contributed by atoms with Gasteiger partial charge in [-0.05, 0) is 54.5 Å². The molecule has 5 N–H and O–H groups in total. The van der Waals surface area contributed by atoms with Crippen molar-refractivity contribution in [1.29, 1.82) is 0 Å². The number of allylic oxidation sites excluding steroid dienone is 2. The van der Waals surface area contributed by atoms with Gasteiger partial charge in [0.15, 0.2) is 5.82 Å². The number of anilines is 1. The molecule has 0 saturated heterocycles. The molecule has 1 heterocycles. The second kappa shape index (κ2) is 12.0. The van der Waals surface area contributed by atoms with Crippen molar-refractivity contribution in [3.05, 3.63) is 132 Å². The Hall–Kier alpha value is -5.11. The number of nitrogens with one attached hydrogen (secondary N) is 3. The minimum absolute atomic E-state index is 0.312. The normalized spacial score (nSPS) is 11.9. The zero-order chi connectivity index (χ0) is 27.9. The van der Waals surface area contributed by atoms with Crippen LogP contribution in [0, 0.1) is 5.82 Å². The van der Waals surface area contributed by atoms with Gasteiger partial charge < -0.3 is 21.8 Å². The van der Waals surface area contributed by atoms with Crippen LogP contribution in [0.1, 0.15) is 40.3 Å². The molecule has 7 nitrogen and oxygen atoms in total. The van der Waals surface area contributed by atoms with E-state index in [-0.39, 0.29) is 11.7 Å². The molecule has 1 aromatic heterocycles. The highest BCUT2D eigenvalue weighted by Crippen LogP contribution is 2.26. The van der Waals surface area contributed by atoms with Crippen LogP contribution in [0.4, 0.5) is 10.1 Å². The van der Waals surface area contributed by atoms with Gasteiger partial charge in [-0.25, -0.2) is 14.1 Å². The van der Waals surface area contributed by atoms with Crippen molar-refractivity contribution in [2.24, 2.45) is 0 Å². The Morgan fingerprint density at radius 2 is 1.82 bits per heavy atom. The summed E-state index contributed by atoms with van der Waals surface area (Å²) in [6.07, 6.45) is 5.19. The van der Waals surface area contributed by atoms with Crippen LogP contribution < -0.4 is 21.8 Å². The number of nitrogen functional groups attached to an aromatic ring is 1. The Bertz CT molecular complexity index is 1550.